The van der Waals surface area contributed by atoms with Gasteiger partial charge >= 0.3 is 0 Å². The summed E-state index contributed by atoms with van der Waals surface area (Å²) in [6.45, 7) is 2.52. The third kappa shape index (κ3) is 3.05. The summed E-state index contributed by atoms with van der Waals surface area (Å²) in [6, 6.07) is 1.36. The van der Waals surface area contributed by atoms with Crippen LogP contribution in [0.2, 0.25) is 0 Å². The number of fused-ring (bicyclic) bond motifs is 1. The third-order valence-corrected chi connectivity index (χ3v) is 5.32. The number of carbonyl (C=O) groups is 1. The second-order valence-corrected chi connectivity index (χ2v) is 7.31. The molecule has 0 radical (unpaired) electrons. The van der Waals surface area contributed by atoms with Crippen LogP contribution in [-0.2, 0) is 4.84 Å². The highest BCUT2D eigenvalue weighted by atomic mass is 19.1. The Balaban J connectivity index is 1.86. The van der Waals surface area contributed by atoms with Crippen LogP contribution in [0.1, 0.15) is 36.2 Å². The van der Waals surface area contributed by atoms with Crippen LogP contribution in [0.3, 0.4) is 0 Å². The summed E-state index contributed by atoms with van der Waals surface area (Å²) in [4.78, 5) is 35.7. The second-order valence-electron chi connectivity index (χ2n) is 7.31. The van der Waals surface area contributed by atoms with Gasteiger partial charge in [-0.25, -0.2) is 9.37 Å². The van der Waals surface area contributed by atoms with Crippen molar-refractivity contribution < 1.29 is 14.0 Å². The molecule has 2 aromatic rings. The maximum absolute atomic E-state index is 14.9. The van der Waals surface area contributed by atoms with Crippen LogP contribution in [0.5, 0.6) is 0 Å². The number of halogens is 1. The Bertz CT molecular complexity index is 1040. The predicted molar refractivity (Wildman–Crippen MR) is 103 cm³/mol. The highest BCUT2D eigenvalue weighted by Crippen LogP contribution is 2.37. The average molecular weight is 387 g/mol. The molecule has 1 aliphatic carbocycles. The van der Waals surface area contributed by atoms with Gasteiger partial charge in [0.2, 0.25) is 5.43 Å². The Morgan fingerprint density at radius 3 is 2.82 bits per heavy atom. The van der Waals surface area contributed by atoms with Crippen molar-refractivity contribution in [3.8, 4) is 0 Å². The molecule has 0 bridgehead atoms. The van der Waals surface area contributed by atoms with Crippen LogP contribution in [0.15, 0.2) is 22.2 Å². The van der Waals surface area contributed by atoms with E-state index >= 15 is 0 Å². The van der Waals surface area contributed by atoms with Gasteiger partial charge in [-0.1, -0.05) is 5.16 Å². The molecule has 2 aliphatic rings. The number of pyridine rings is 2. The van der Waals surface area contributed by atoms with Crippen LogP contribution in [0, 0.1) is 11.7 Å². The zero-order chi connectivity index (χ0) is 20.0. The molecule has 1 saturated heterocycles. The Kier molecular flexibility index (Phi) is 4.62. The van der Waals surface area contributed by atoms with Crippen LogP contribution in [0.4, 0.5) is 10.2 Å². The topological polar surface area (TPSA) is 103 Å². The summed E-state index contributed by atoms with van der Waals surface area (Å²) in [5.74, 6) is -0.849. The minimum atomic E-state index is -0.609. The van der Waals surface area contributed by atoms with Crippen molar-refractivity contribution in [2.75, 3.05) is 31.6 Å². The van der Waals surface area contributed by atoms with Gasteiger partial charge in [-0.05, 0) is 25.8 Å². The molecule has 1 atom stereocenters. The van der Waals surface area contributed by atoms with Gasteiger partial charge in [0.25, 0.3) is 0 Å². The molecule has 0 amide bonds. The lowest BCUT2D eigenvalue weighted by atomic mass is 10.1. The molecule has 1 aliphatic heterocycles. The van der Waals surface area contributed by atoms with Gasteiger partial charge < -0.3 is 20.0 Å². The molecule has 8 nitrogen and oxygen atoms in total. The Hall–Kier alpha value is -2.81. The lowest BCUT2D eigenvalue weighted by Crippen LogP contribution is -2.25. The largest absolute Gasteiger partial charge is 0.399 e. The van der Waals surface area contributed by atoms with Crippen molar-refractivity contribution in [1.82, 2.24) is 9.55 Å². The predicted octanol–water partition coefficient (Wildman–Crippen LogP) is 1.47. The zero-order valence-corrected chi connectivity index (χ0v) is 15.8. The molecule has 2 aromatic heterocycles. The van der Waals surface area contributed by atoms with Gasteiger partial charge in [-0.3, -0.25) is 9.59 Å². The Morgan fingerprint density at radius 1 is 1.46 bits per heavy atom. The van der Waals surface area contributed by atoms with E-state index in [0.717, 1.165) is 18.6 Å². The first-order chi connectivity index (χ1) is 13.4. The monoisotopic (exact) mass is 387 g/mol. The smallest absolute Gasteiger partial charge is 0.201 e. The van der Waals surface area contributed by atoms with E-state index in [1.54, 1.807) is 11.1 Å². The Labute approximate surface area is 160 Å². The van der Waals surface area contributed by atoms with Crippen molar-refractivity contribution in [1.29, 1.82) is 0 Å². The fourth-order valence-corrected chi connectivity index (χ4v) is 3.69. The van der Waals surface area contributed by atoms with Gasteiger partial charge in [0, 0.05) is 31.2 Å². The molecule has 2 N–H and O–H groups in total. The van der Waals surface area contributed by atoms with Gasteiger partial charge in [0.15, 0.2) is 17.4 Å². The highest BCUT2D eigenvalue weighted by Gasteiger charge is 2.33. The number of rotatable bonds is 5. The lowest BCUT2D eigenvalue weighted by molar-refractivity contribution is 0.101. The van der Waals surface area contributed by atoms with E-state index in [0.29, 0.717) is 25.3 Å². The van der Waals surface area contributed by atoms with E-state index in [2.05, 4.69) is 10.1 Å². The van der Waals surface area contributed by atoms with Crippen molar-refractivity contribution >= 4 is 28.3 Å². The molecule has 1 saturated carbocycles. The average Bonchev–Trinajstić information content (AvgIpc) is 3.42. The number of oxime groups is 1. The Morgan fingerprint density at radius 2 is 2.21 bits per heavy atom. The normalized spacial score (nSPS) is 20.9. The number of hydrogen-bond acceptors (Lipinski definition) is 7. The summed E-state index contributed by atoms with van der Waals surface area (Å²) in [5, 5.41) is 4.12. The summed E-state index contributed by atoms with van der Waals surface area (Å²) in [7, 11) is 1.46. The zero-order valence-electron chi connectivity index (χ0n) is 15.8. The van der Waals surface area contributed by atoms with Gasteiger partial charge in [-0.2, -0.15) is 0 Å². The molecule has 1 unspecified atom stereocenters. The highest BCUT2D eigenvalue weighted by molar-refractivity contribution is 5.97. The van der Waals surface area contributed by atoms with Crippen LogP contribution in [-0.4, -0.2) is 47.8 Å². The van der Waals surface area contributed by atoms with E-state index < -0.39 is 11.2 Å². The molecule has 4 rings (SSSR count). The summed E-state index contributed by atoms with van der Waals surface area (Å²) < 4.78 is 16.8. The van der Waals surface area contributed by atoms with Crippen molar-refractivity contribution in [2.45, 2.75) is 25.8 Å². The number of ketones is 1. The van der Waals surface area contributed by atoms with Gasteiger partial charge in [0.05, 0.1) is 23.2 Å². The first-order valence-corrected chi connectivity index (χ1v) is 9.25. The number of anilines is 1. The van der Waals surface area contributed by atoms with Gasteiger partial charge in [0.1, 0.15) is 12.8 Å². The first-order valence-electron chi connectivity index (χ1n) is 9.25. The second kappa shape index (κ2) is 6.97. The maximum Gasteiger partial charge on any atom is 0.201 e. The number of nitrogens with zero attached hydrogens (tertiary/aromatic N) is 4. The molecule has 3 heterocycles. The van der Waals surface area contributed by atoms with Crippen molar-refractivity contribution in [2.24, 2.45) is 16.8 Å². The quantitative estimate of drug-likeness (QED) is 0.616. The van der Waals surface area contributed by atoms with E-state index in [-0.39, 0.29) is 34.5 Å². The fourth-order valence-electron chi connectivity index (χ4n) is 3.69. The molecule has 28 heavy (non-hydrogen) atoms. The number of hydrogen-bond donors (Lipinski definition) is 1. The number of Topliss-reactive ketones (excluding diaryl/α,β-unsaturated/α-hetero) is 1. The first kappa shape index (κ1) is 18.5. The van der Waals surface area contributed by atoms with E-state index in [1.807, 2.05) is 4.57 Å². The number of nitrogens with two attached hydrogens (primary N) is 1. The van der Waals surface area contributed by atoms with E-state index in [9.17, 15) is 14.0 Å². The lowest BCUT2D eigenvalue weighted by Gasteiger charge is -2.19. The molecule has 0 spiro atoms. The molecule has 2 fully saturated rings. The van der Waals surface area contributed by atoms with Crippen LogP contribution >= 0.6 is 0 Å². The maximum atomic E-state index is 14.9. The molecule has 9 heteroatoms. The van der Waals surface area contributed by atoms with E-state index in [1.165, 1.54) is 20.1 Å². The van der Waals surface area contributed by atoms with Crippen molar-refractivity contribution in [3.05, 3.63) is 33.9 Å². The molecule has 0 aromatic carbocycles. The van der Waals surface area contributed by atoms with Gasteiger partial charge in [-0.15, -0.1) is 0 Å². The summed E-state index contributed by atoms with van der Waals surface area (Å²) >= 11 is 0. The number of carbonyl (C=O) groups excluding carboxylic acids is 1. The standard InChI is InChI=1S/C19H22FN5O3/c1-10(26)14-8-25(12-3-4-12)18-13(17(14)27)5-15(20)19(22-18)24-7-11(6-21)16(9-24)23-28-2/h5,8,11-12H,3-4,6-7,9,21H2,1-2H3/b23-16+. The molecule has 148 valence electrons. The minimum absolute atomic E-state index is 0.0532. The van der Waals surface area contributed by atoms with E-state index in [4.69, 9.17) is 10.6 Å². The summed E-state index contributed by atoms with van der Waals surface area (Å²) in [5.41, 5.74) is 6.51. The molecular weight excluding hydrogens is 365 g/mol. The third-order valence-electron chi connectivity index (χ3n) is 5.32. The van der Waals surface area contributed by atoms with Crippen molar-refractivity contribution in [3.63, 3.8) is 0 Å². The van der Waals surface area contributed by atoms with Crippen LogP contribution in [0.25, 0.3) is 11.0 Å². The molecular formula is C19H22FN5O3. The fraction of sp³-hybridized carbons (Fsp3) is 0.474. The van der Waals surface area contributed by atoms with Crippen LogP contribution < -0.4 is 16.1 Å². The number of aromatic nitrogens is 2. The minimum Gasteiger partial charge on any atom is -0.399 e. The summed E-state index contributed by atoms with van der Waals surface area (Å²) in [6.07, 6.45) is 3.43. The SMILES string of the molecule is CO/N=C1\CN(c2nc3c(cc2F)c(=O)c(C(C)=O)cn3C2CC2)CC1CN.